The number of benzene rings is 2. The van der Waals surface area contributed by atoms with Crippen molar-refractivity contribution < 1.29 is 19.1 Å². The number of nitrogens with zero attached hydrogens (tertiary/aromatic N) is 1. The minimum atomic E-state index is -0.611. The number of hydrogen-bond donors (Lipinski definition) is 1. The van der Waals surface area contributed by atoms with Gasteiger partial charge in [0.1, 0.15) is 6.04 Å². The standard InChI is InChI=1S/C31H36N2O4/c1-18(2)27(30(36)37-3)33-17-25-9-8-24(13-26(25)29(33)35)22-4-6-23(7-5-22)28(34)32-31-14-19-10-20(15-31)12-21(11-19)16-31/h4-9,13,18-21,27H,10-12,14-17H2,1-3H3,(H,32,34). The molecule has 1 N–H and O–H groups in total. The van der Waals surface area contributed by atoms with Crippen molar-refractivity contribution in [3.05, 3.63) is 59.2 Å². The number of hydrogen-bond acceptors (Lipinski definition) is 4. The summed E-state index contributed by atoms with van der Waals surface area (Å²) in [5, 5.41) is 3.45. The zero-order chi connectivity index (χ0) is 25.9. The van der Waals surface area contributed by atoms with Gasteiger partial charge in [0.25, 0.3) is 11.8 Å². The summed E-state index contributed by atoms with van der Waals surface area (Å²) >= 11 is 0. The van der Waals surface area contributed by atoms with Gasteiger partial charge in [-0.15, -0.1) is 0 Å². The third kappa shape index (κ3) is 4.24. The zero-order valence-corrected chi connectivity index (χ0v) is 22.0. The lowest BCUT2D eigenvalue weighted by atomic mass is 9.53. The van der Waals surface area contributed by atoms with E-state index in [-0.39, 0.29) is 23.3 Å². The Bertz CT molecular complexity index is 1210. The summed E-state index contributed by atoms with van der Waals surface area (Å²) in [6, 6.07) is 12.9. The summed E-state index contributed by atoms with van der Waals surface area (Å²) < 4.78 is 4.97. The second-order valence-corrected chi connectivity index (χ2v) is 12.2. The van der Waals surface area contributed by atoms with Crippen molar-refractivity contribution in [3.8, 4) is 11.1 Å². The number of amides is 2. The summed E-state index contributed by atoms with van der Waals surface area (Å²) in [6.07, 6.45) is 7.47. The molecule has 4 bridgehead atoms. The van der Waals surface area contributed by atoms with E-state index in [0.29, 0.717) is 17.7 Å². The van der Waals surface area contributed by atoms with E-state index >= 15 is 0 Å². The largest absolute Gasteiger partial charge is 0.467 e. The molecule has 0 aromatic heterocycles. The molecule has 0 spiro atoms. The lowest BCUT2D eigenvalue weighted by molar-refractivity contribution is -0.147. The Hall–Kier alpha value is -3.15. The first-order valence-electron chi connectivity index (χ1n) is 13.7. The summed E-state index contributed by atoms with van der Waals surface area (Å²) in [5.74, 6) is 1.80. The molecule has 37 heavy (non-hydrogen) atoms. The van der Waals surface area contributed by atoms with Gasteiger partial charge in [-0.1, -0.05) is 38.1 Å². The van der Waals surface area contributed by atoms with Gasteiger partial charge in [0.15, 0.2) is 0 Å². The normalized spacial score (nSPS) is 28.4. The Morgan fingerprint density at radius 3 is 2.11 bits per heavy atom. The second-order valence-electron chi connectivity index (χ2n) is 12.2. The fourth-order valence-electron chi connectivity index (χ4n) is 8.00. The topological polar surface area (TPSA) is 75.7 Å². The van der Waals surface area contributed by atoms with E-state index in [4.69, 9.17) is 4.74 Å². The number of esters is 1. The smallest absolute Gasteiger partial charge is 0.328 e. The van der Waals surface area contributed by atoms with Crippen LogP contribution in [-0.2, 0) is 16.1 Å². The van der Waals surface area contributed by atoms with Crippen LogP contribution in [0.25, 0.3) is 11.1 Å². The third-order valence-electron chi connectivity index (χ3n) is 9.25. The Morgan fingerprint density at radius 1 is 0.946 bits per heavy atom. The van der Waals surface area contributed by atoms with Gasteiger partial charge in [0, 0.05) is 23.2 Å². The number of ether oxygens (including phenoxy) is 1. The molecule has 1 atom stereocenters. The maximum atomic E-state index is 13.3. The molecular weight excluding hydrogens is 464 g/mol. The molecule has 7 rings (SSSR count). The molecule has 1 unspecified atom stereocenters. The van der Waals surface area contributed by atoms with Crippen LogP contribution in [-0.4, -0.2) is 41.4 Å². The minimum Gasteiger partial charge on any atom is -0.467 e. The van der Waals surface area contributed by atoms with Crippen molar-refractivity contribution in [2.24, 2.45) is 23.7 Å². The molecule has 2 aromatic rings. The highest BCUT2D eigenvalue weighted by Gasteiger charge is 2.51. The molecule has 4 aliphatic carbocycles. The maximum Gasteiger partial charge on any atom is 0.328 e. The zero-order valence-electron chi connectivity index (χ0n) is 22.0. The Morgan fingerprint density at radius 2 is 1.54 bits per heavy atom. The molecule has 6 nitrogen and oxygen atoms in total. The SMILES string of the molecule is COC(=O)C(C(C)C)N1Cc2ccc(-c3ccc(C(=O)NC45CC6CC(CC(C6)C4)C5)cc3)cc2C1=O. The lowest BCUT2D eigenvalue weighted by Gasteiger charge is -2.56. The summed E-state index contributed by atoms with van der Waals surface area (Å²) in [7, 11) is 1.36. The van der Waals surface area contributed by atoms with Gasteiger partial charge >= 0.3 is 5.97 Å². The molecule has 1 heterocycles. The first kappa shape index (κ1) is 24.2. The van der Waals surface area contributed by atoms with Gasteiger partial charge in [0.05, 0.1) is 7.11 Å². The number of methoxy groups -OCH3 is 1. The van der Waals surface area contributed by atoms with Crippen LogP contribution in [0, 0.1) is 23.7 Å². The van der Waals surface area contributed by atoms with Crippen molar-refractivity contribution >= 4 is 17.8 Å². The molecule has 1 aliphatic heterocycles. The average molecular weight is 501 g/mol. The summed E-state index contributed by atoms with van der Waals surface area (Å²) in [4.78, 5) is 40.4. The Kier molecular flexibility index (Phi) is 5.89. The lowest BCUT2D eigenvalue weighted by Crippen LogP contribution is -2.59. The molecule has 6 heteroatoms. The van der Waals surface area contributed by atoms with Crippen molar-refractivity contribution in [1.29, 1.82) is 0 Å². The number of rotatable bonds is 6. The highest BCUT2D eigenvalue weighted by Crippen LogP contribution is 2.55. The van der Waals surface area contributed by atoms with Gasteiger partial charge < -0.3 is 15.0 Å². The number of carbonyl (C=O) groups excluding carboxylic acids is 3. The fourth-order valence-corrected chi connectivity index (χ4v) is 8.00. The number of fused-ring (bicyclic) bond motifs is 1. The first-order chi connectivity index (χ1) is 17.7. The van der Waals surface area contributed by atoms with Crippen molar-refractivity contribution in [1.82, 2.24) is 10.2 Å². The Balaban J connectivity index is 1.18. The van der Waals surface area contributed by atoms with Crippen LogP contribution >= 0.6 is 0 Å². The minimum absolute atomic E-state index is 0.00519. The first-order valence-corrected chi connectivity index (χ1v) is 13.7. The van der Waals surface area contributed by atoms with Crippen LogP contribution < -0.4 is 5.32 Å². The average Bonchev–Trinajstić information content (AvgIpc) is 3.18. The van der Waals surface area contributed by atoms with Crippen LogP contribution in [0.1, 0.15) is 78.7 Å². The van der Waals surface area contributed by atoms with Crippen molar-refractivity contribution in [2.75, 3.05) is 7.11 Å². The van der Waals surface area contributed by atoms with E-state index in [1.165, 1.54) is 26.4 Å². The van der Waals surface area contributed by atoms with E-state index in [2.05, 4.69) is 5.32 Å². The van der Waals surface area contributed by atoms with E-state index in [0.717, 1.165) is 53.7 Å². The van der Waals surface area contributed by atoms with Gasteiger partial charge in [-0.2, -0.15) is 0 Å². The number of carbonyl (C=O) groups is 3. The van der Waals surface area contributed by atoms with Crippen LogP contribution in [0.15, 0.2) is 42.5 Å². The molecule has 0 radical (unpaired) electrons. The molecule has 0 saturated heterocycles. The van der Waals surface area contributed by atoms with Gasteiger partial charge in [-0.25, -0.2) is 4.79 Å². The predicted molar refractivity (Wildman–Crippen MR) is 141 cm³/mol. The molecule has 2 amide bonds. The van der Waals surface area contributed by atoms with Crippen LogP contribution in [0.2, 0.25) is 0 Å². The molecular formula is C31H36N2O4. The molecule has 2 aromatic carbocycles. The summed E-state index contributed by atoms with van der Waals surface area (Å²) in [5.41, 5.74) is 4.08. The Labute approximate surface area is 218 Å². The molecule has 4 saturated carbocycles. The van der Waals surface area contributed by atoms with Gasteiger partial charge in [-0.05, 0) is 97.1 Å². The fraction of sp³-hybridized carbons (Fsp3) is 0.516. The van der Waals surface area contributed by atoms with Gasteiger partial charge in [0.2, 0.25) is 0 Å². The third-order valence-corrected chi connectivity index (χ3v) is 9.25. The van der Waals surface area contributed by atoms with Crippen LogP contribution in [0.5, 0.6) is 0 Å². The predicted octanol–water partition coefficient (Wildman–Crippen LogP) is 5.21. The van der Waals surface area contributed by atoms with Gasteiger partial charge in [-0.3, -0.25) is 9.59 Å². The van der Waals surface area contributed by atoms with E-state index in [9.17, 15) is 14.4 Å². The van der Waals surface area contributed by atoms with Crippen LogP contribution in [0.3, 0.4) is 0 Å². The molecule has 194 valence electrons. The second kappa shape index (κ2) is 9.00. The van der Waals surface area contributed by atoms with E-state index < -0.39 is 12.0 Å². The van der Waals surface area contributed by atoms with Crippen LogP contribution in [0.4, 0.5) is 0 Å². The highest BCUT2D eigenvalue weighted by molar-refractivity contribution is 6.02. The quantitative estimate of drug-likeness (QED) is 0.553. The molecule has 5 aliphatic rings. The number of nitrogens with one attached hydrogen (secondary N) is 1. The molecule has 4 fully saturated rings. The van der Waals surface area contributed by atoms with E-state index in [1.54, 1.807) is 4.90 Å². The summed E-state index contributed by atoms with van der Waals surface area (Å²) in [6.45, 7) is 4.24. The monoisotopic (exact) mass is 500 g/mol. The van der Waals surface area contributed by atoms with Crippen molar-refractivity contribution in [3.63, 3.8) is 0 Å². The maximum absolute atomic E-state index is 13.3. The van der Waals surface area contributed by atoms with E-state index in [1.807, 2.05) is 56.3 Å². The highest BCUT2D eigenvalue weighted by atomic mass is 16.5. The van der Waals surface area contributed by atoms with Crippen molar-refractivity contribution in [2.45, 2.75) is 70.5 Å².